The van der Waals surface area contributed by atoms with Crippen LogP contribution in [0.3, 0.4) is 0 Å². The van der Waals surface area contributed by atoms with Crippen LogP contribution >= 0.6 is 0 Å². The van der Waals surface area contributed by atoms with Gasteiger partial charge in [-0.1, -0.05) is 12.1 Å². The molecule has 30 heavy (non-hydrogen) atoms. The Labute approximate surface area is 173 Å². The third-order valence-corrected chi connectivity index (χ3v) is 4.96. The van der Waals surface area contributed by atoms with Crippen LogP contribution in [0.2, 0.25) is 0 Å². The van der Waals surface area contributed by atoms with E-state index >= 15 is 0 Å². The van der Waals surface area contributed by atoms with Crippen LogP contribution in [0, 0.1) is 13.5 Å². The molecule has 8 nitrogen and oxygen atoms in total. The molecule has 0 unspecified atom stereocenters. The van der Waals surface area contributed by atoms with Crippen LogP contribution in [0.1, 0.15) is 16.7 Å². The number of rotatable bonds is 5. The van der Waals surface area contributed by atoms with Crippen molar-refractivity contribution in [1.29, 1.82) is 0 Å². The average Bonchev–Trinajstić information content (AvgIpc) is 2.75. The Bertz CT molecular complexity index is 1110. The Balaban J connectivity index is 1.91. The Morgan fingerprint density at radius 1 is 1.27 bits per heavy atom. The summed E-state index contributed by atoms with van der Waals surface area (Å²) in [6.07, 6.45) is 3.11. The van der Waals surface area contributed by atoms with E-state index in [0.29, 0.717) is 4.57 Å². The maximum atomic E-state index is 12.6. The molecule has 1 fully saturated rings. The van der Waals surface area contributed by atoms with Gasteiger partial charge in [-0.05, 0) is 42.3 Å². The summed E-state index contributed by atoms with van der Waals surface area (Å²) in [6.45, 7) is 11.9. The van der Waals surface area contributed by atoms with Crippen molar-refractivity contribution in [3.63, 3.8) is 0 Å². The number of piperazine rings is 1. The third kappa shape index (κ3) is 4.44. The molecule has 2 aromatic rings. The molecular weight excluding hydrogens is 384 g/mol. The van der Waals surface area contributed by atoms with E-state index in [4.69, 9.17) is 11.7 Å². The molecule has 2 heterocycles. The summed E-state index contributed by atoms with van der Waals surface area (Å²) in [5.41, 5.74) is 4.53. The van der Waals surface area contributed by atoms with Gasteiger partial charge < -0.3 is 20.4 Å². The van der Waals surface area contributed by atoms with Crippen molar-refractivity contribution in [3.05, 3.63) is 68.5 Å². The second-order valence-corrected chi connectivity index (χ2v) is 6.89. The second kappa shape index (κ2) is 9.14. The molecule has 8 heteroatoms. The minimum Gasteiger partial charge on any atom is -0.503 e. The average molecular weight is 406 g/mol. The molecule has 0 aliphatic carbocycles. The van der Waals surface area contributed by atoms with Gasteiger partial charge in [0, 0.05) is 37.4 Å². The number of aliphatic carboxylic acids is 1. The fourth-order valence-corrected chi connectivity index (χ4v) is 3.34. The lowest BCUT2D eigenvalue weighted by molar-refractivity contribution is -0.137. The Morgan fingerprint density at radius 3 is 2.53 bits per heavy atom. The molecule has 154 valence electrons. The first-order chi connectivity index (χ1) is 14.4. The van der Waals surface area contributed by atoms with E-state index in [1.54, 1.807) is 6.08 Å². The van der Waals surface area contributed by atoms with E-state index in [1.807, 2.05) is 24.3 Å². The number of aromatic hydroxyl groups is 1. The van der Waals surface area contributed by atoms with Crippen LogP contribution in [0.15, 0.2) is 34.8 Å². The van der Waals surface area contributed by atoms with E-state index in [-0.39, 0.29) is 16.8 Å². The van der Waals surface area contributed by atoms with Crippen molar-refractivity contribution in [1.82, 2.24) is 9.88 Å². The highest BCUT2D eigenvalue weighted by atomic mass is 16.4. The van der Waals surface area contributed by atoms with E-state index in [1.165, 1.54) is 13.0 Å². The number of pyridine rings is 1. The molecule has 1 aliphatic heterocycles. The van der Waals surface area contributed by atoms with E-state index in [9.17, 15) is 14.7 Å². The number of nitrogens with one attached hydrogen (secondary N) is 1. The number of carboxylic acid groups (broad SMARTS) is 1. The normalized spacial score (nSPS) is 13.3. The first kappa shape index (κ1) is 20.9. The van der Waals surface area contributed by atoms with E-state index in [2.05, 4.69) is 20.8 Å². The van der Waals surface area contributed by atoms with E-state index < -0.39 is 24.0 Å². The smallest absolute Gasteiger partial charge is 0.323 e. The molecule has 0 saturated carbocycles. The fraction of sp³-hybridized carbons (Fsp3) is 0.273. The monoisotopic (exact) mass is 406 g/mol. The largest absolute Gasteiger partial charge is 0.503 e. The van der Waals surface area contributed by atoms with Gasteiger partial charge in [0.05, 0.1) is 6.57 Å². The summed E-state index contributed by atoms with van der Waals surface area (Å²) in [7, 11) is 0. The Hall–Kier alpha value is -3.79. The van der Waals surface area contributed by atoms with Gasteiger partial charge in [0.2, 0.25) is 5.69 Å². The SMILES string of the molecule is [C-]#[N+]c1c(C)c(C=C=Cc2ccc(N3CCNCC3)cc2)c(=O)n(CC(=O)O)c1O. The first-order valence-corrected chi connectivity index (χ1v) is 9.46. The Morgan fingerprint density at radius 2 is 1.93 bits per heavy atom. The topological polar surface area (TPSA) is 99.2 Å². The maximum absolute atomic E-state index is 12.6. The number of benzene rings is 1. The molecule has 3 N–H and O–H groups in total. The summed E-state index contributed by atoms with van der Waals surface area (Å²) < 4.78 is 0.679. The predicted octanol–water partition coefficient (Wildman–Crippen LogP) is 2.23. The Kier molecular flexibility index (Phi) is 6.38. The first-order valence-electron chi connectivity index (χ1n) is 9.46. The minimum atomic E-state index is -1.29. The van der Waals surface area contributed by atoms with Crippen molar-refractivity contribution >= 4 is 29.5 Å². The van der Waals surface area contributed by atoms with Gasteiger partial charge in [-0.3, -0.25) is 14.2 Å². The molecule has 0 bridgehead atoms. The minimum absolute atomic E-state index is 0.119. The quantitative estimate of drug-likeness (QED) is 0.520. The number of hydrogen-bond acceptors (Lipinski definition) is 5. The standard InChI is InChI=1S/C22H22N4O4/c1-15-18(21(29)26(14-19(27)28)22(30)20(15)23-2)5-3-4-16-6-8-17(9-7-16)25-12-10-24-11-13-25/h4-9,24,30H,10-14H2,1H3,(H,27,28). The molecule has 0 spiro atoms. The van der Waals surface area contributed by atoms with Crippen molar-refractivity contribution in [2.24, 2.45) is 0 Å². The number of carboxylic acids is 1. The van der Waals surface area contributed by atoms with Gasteiger partial charge in [-0.2, -0.15) is 0 Å². The fourth-order valence-electron chi connectivity index (χ4n) is 3.34. The van der Waals surface area contributed by atoms with Crippen LogP contribution in [-0.2, 0) is 11.3 Å². The summed E-state index contributed by atoms with van der Waals surface area (Å²) in [6, 6.07) is 7.97. The van der Waals surface area contributed by atoms with Crippen molar-refractivity contribution < 1.29 is 15.0 Å². The van der Waals surface area contributed by atoms with Crippen LogP contribution in [0.5, 0.6) is 5.88 Å². The number of nitrogens with zero attached hydrogens (tertiary/aromatic N) is 3. The maximum Gasteiger partial charge on any atom is 0.323 e. The lowest BCUT2D eigenvalue weighted by Gasteiger charge is -2.29. The van der Waals surface area contributed by atoms with Crippen molar-refractivity contribution in [3.8, 4) is 5.88 Å². The summed E-state index contributed by atoms with van der Waals surface area (Å²) >= 11 is 0. The van der Waals surface area contributed by atoms with Crippen LogP contribution in [0.4, 0.5) is 11.4 Å². The number of carbonyl (C=O) groups is 1. The molecule has 1 aliphatic rings. The molecule has 0 amide bonds. The third-order valence-electron chi connectivity index (χ3n) is 4.96. The van der Waals surface area contributed by atoms with Crippen molar-refractivity contribution in [2.75, 3.05) is 31.1 Å². The van der Waals surface area contributed by atoms with Crippen LogP contribution in [0.25, 0.3) is 17.0 Å². The van der Waals surface area contributed by atoms with Gasteiger partial charge in [-0.15, -0.1) is 5.73 Å². The van der Waals surface area contributed by atoms with E-state index in [0.717, 1.165) is 37.4 Å². The molecule has 0 radical (unpaired) electrons. The van der Waals surface area contributed by atoms with Gasteiger partial charge in [0.25, 0.3) is 5.56 Å². The molecular formula is C22H22N4O4. The summed E-state index contributed by atoms with van der Waals surface area (Å²) in [4.78, 5) is 29.2. The van der Waals surface area contributed by atoms with Gasteiger partial charge in [-0.25, -0.2) is 4.85 Å². The zero-order valence-corrected chi connectivity index (χ0v) is 16.6. The number of hydrogen-bond donors (Lipinski definition) is 3. The molecule has 1 aromatic heterocycles. The van der Waals surface area contributed by atoms with Gasteiger partial charge in [0.1, 0.15) is 6.54 Å². The molecule has 0 atom stereocenters. The summed E-state index contributed by atoms with van der Waals surface area (Å²) in [5, 5.41) is 22.4. The second-order valence-electron chi connectivity index (χ2n) is 6.89. The zero-order valence-electron chi connectivity index (χ0n) is 16.6. The predicted molar refractivity (Wildman–Crippen MR) is 115 cm³/mol. The highest BCUT2D eigenvalue weighted by Gasteiger charge is 2.19. The van der Waals surface area contributed by atoms with Gasteiger partial charge in [0.15, 0.2) is 5.88 Å². The van der Waals surface area contributed by atoms with Crippen LogP contribution in [-0.4, -0.2) is 46.9 Å². The highest BCUT2D eigenvalue weighted by molar-refractivity contribution is 5.72. The number of anilines is 1. The van der Waals surface area contributed by atoms with Gasteiger partial charge >= 0.3 is 5.97 Å². The number of aromatic nitrogens is 1. The molecule has 3 rings (SSSR count). The van der Waals surface area contributed by atoms with Crippen molar-refractivity contribution in [2.45, 2.75) is 13.5 Å². The molecule has 1 aromatic carbocycles. The van der Waals surface area contributed by atoms with Crippen LogP contribution < -0.4 is 15.8 Å². The zero-order chi connectivity index (χ0) is 21.7. The lowest BCUT2D eigenvalue weighted by atomic mass is 10.1. The molecule has 1 saturated heterocycles. The summed E-state index contributed by atoms with van der Waals surface area (Å²) in [5.74, 6) is -1.93. The highest BCUT2D eigenvalue weighted by Crippen LogP contribution is 2.31. The lowest BCUT2D eigenvalue weighted by Crippen LogP contribution is -2.43.